The van der Waals surface area contributed by atoms with Crippen LogP contribution in [0.25, 0.3) is 10.9 Å². The van der Waals surface area contributed by atoms with Crippen LogP contribution in [0.2, 0.25) is 0 Å². The van der Waals surface area contributed by atoms with E-state index in [1.54, 1.807) is 0 Å². The first-order valence-corrected chi connectivity index (χ1v) is 11.4. The van der Waals surface area contributed by atoms with Gasteiger partial charge in [-0.1, -0.05) is 18.6 Å². The number of ether oxygens (including phenoxy) is 1. The molecule has 3 heterocycles. The predicted molar refractivity (Wildman–Crippen MR) is 124 cm³/mol. The summed E-state index contributed by atoms with van der Waals surface area (Å²) in [5.41, 5.74) is 7.55. The summed E-state index contributed by atoms with van der Waals surface area (Å²) in [6.45, 7) is 12.5. The lowest BCUT2D eigenvalue weighted by molar-refractivity contribution is -0.143. The third-order valence-corrected chi connectivity index (χ3v) is 6.45. The second kappa shape index (κ2) is 9.23. The fourth-order valence-electron chi connectivity index (χ4n) is 4.84. The Labute approximate surface area is 185 Å². The van der Waals surface area contributed by atoms with Crippen molar-refractivity contribution >= 4 is 16.9 Å². The Bertz CT molecular complexity index is 1090. The second-order valence-corrected chi connectivity index (χ2v) is 8.61. The Balaban J connectivity index is 1.79. The highest BCUT2D eigenvalue weighted by atomic mass is 16.5. The van der Waals surface area contributed by atoms with Crippen LogP contribution in [0.15, 0.2) is 36.5 Å². The molecule has 0 amide bonds. The van der Waals surface area contributed by atoms with E-state index >= 15 is 0 Å². The number of hydrogen-bond donors (Lipinski definition) is 0. The Kier molecular flexibility index (Phi) is 6.42. The number of hydrogen-bond acceptors (Lipinski definition) is 4. The highest BCUT2D eigenvalue weighted by Crippen LogP contribution is 2.34. The highest BCUT2D eigenvalue weighted by Gasteiger charge is 2.26. The number of likely N-dealkylation sites (N-methyl/N-ethyl adjacent to an activating group) is 1. The molecule has 4 rings (SSSR count). The van der Waals surface area contributed by atoms with E-state index in [2.05, 4.69) is 52.6 Å². The molecular weight excluding hydrogens is 386 g/mol. The number of esters is 1. The number of nitrogens with zero attached hydrogens (tertiary/aromatic N) is 3. The summed E-state index contributed by atoms with van der Waals surface area (Å²) < 4.78 is 7.79. The van der Waals surface area contributed by atoms with Crippen molar-refractivity contribution in [1.82, 2.24) is 14.5 Å². The van der Waals surface area contributed by atoms with Gasteiger partial charge in [0.25, 0.3) is 0 Å². The average molecular weight is 420 g/mol. The van der Waals surface area contributed by atoms with Crippen LogP contribution in [0, 0.1) is 13.8 Å². The number of benzene rings is 1. The fourth-order valence-corrected chi connectivity index (χ4v) is 4.84. The van der Waals surface area contributed by atoms with Gasteiger partial charge in [-0.05, 0) is 69.1 Å². The first kappa shape index (κ1) is 21.6. The molecule has 0 spiro atoms. The average Bonchev–Trinajstić information content (AvgIpc) is 3.05. The second-order valence-electron chi connectivity index (χ2n) is 8.61. The summed E-state index contributed by atoms with van der Waals surface area (Å²) in [5, 5.41) is 1.37. The molecule has 1 aromatic carbocycles. The quantitative estimate of drug-likeness (QED) is 0.518. The van der Waals surface area contributed by atoms with Crippen molar-refractivity contribution in [2.45, 2.75) is 59.5 Å². The molecule has 3 aromatic rings. The van der Waals surface area contributed by atoms with Crippen molar-refractivity contribution in [3.63, 3.8) is 0 Å². The Morgan fingerprint density at radius 3 is 2.77 bits per heavy atom. The third-order valence-electron chi connectivity index (χ3n) is 6.45. The minimum atomic E-state index is -0.140. The normalized spacial score (nSPS) is 15.1. The number of aryl methyl sites for hydroxylation is 2. The van der Waals surface area contributed by atoms with E-state index in [0.717, 1.165) is 43.9 Å². The SMILES string of the molecule is CCOC(=O)CC(Cn1c2c(c3cc(C)ccc31)CCN(CC)C2)c1ccnc(C)c1. The third kappa shape index (κ3) is 4.52. The van der Waals surface area contributed by atoms with E-state index in [1.165, 1.54) is 27.7 Å². The van der Waals surface area contributed by atoms with Crippen LogP contribution in [-0.4, -0.2) is 40.1 Å². The minimum Gasteiger partial charge on any atom is -0.466 e. The van der Waals surface area contributed by atoms with Gasteiger partial charge < -0.3 is 9.30 Å². The number of carbonyl (C=O) groups excluding carboxylic acids is 1. The molecule has 0 aliphatic carbocycles. The van der Waals surface area contributed by atoms with Crippen LogP contribution in [0.3, 0.4) is 0 Å². The molecule has 31 heavy (non-hydrogen) atoms. The zero-order valence-corrected chi connectivity index (χ0v) is 19.1. The molecule has 164 valence electrons. The summed E-state index contributed by atoms with van der Waals surface area (Å²) in [6.07, 6.45) is 3.29. The maximum Gasteiger partial charge on any atom is 0.306 e. The Hall–Kier alpha value is -2.66. The number of aromatic nitrogens is 2. The predicted octanol–water partition coefficient (Wildman–Crippen LogP) is 4.77. The molecule has 1 unspecified atom stereocenters. The van der Waals surface area contributed by atoms with Crippen LogP contribution >= 0.6 is 0 Å². The van der Waals surface area contributed by atoms with Crippen molar-refractivity contribution in [2.24, 2.45) is 0 Å². The lowest BCUT2D eigenvalue weighted by Gasteiger charge is -2.28. The topological polar surface area (TPSA) is 47.4 Å². The van der Waals surface area contributed by atoms with Gasteiger partial charge in [-0.3, -0.25) is 14.7 Å². The molecule has 2 aromatic heterocycles. The molecular formula is C26H33N3O2. The summed E-state index contributed by atoms with van der Waals surface area (Å²) >= 11 is 0. The molecule has 1 aliphatic rings. The lowest BCUT2D eigenvalue weighted by atomic mass is 9.95. The van der Waals surface area contributed by atoms with Crippen LogP contribution in [0.1, 0.15) is 54.3 Å². The van der Waals surface area contributed by atoms with Crippen LogP contribution in [0.4, 0.5) is 0 Å². The lowest BCUT2D eigenvalue weighted by Crippen LogP contribution is -2.31. The van der Waals surface area contributed by atoms with Gasteiger partial charge in [-0.2, -0.15) is 0 Å². The van der Waals surface area contributed by atoms with Gasteiger partial charge in [0, 0.05) is 54.0 Å². The van der Waals surface area contributed by atoms with E-state index in [-0.39, 0.29) is 11.9 Å². The zero-order valence-electron chi connectivity index (χ0n) is 19.1. The monoisotopic (exact) mass is 419 g/mol. The molecule has 0 saturated heterocycles. The first-order chi connectivity index (χ1) is 15.0. The summed E-state index contributed by atoms with van der Waals surface area (Å²) in [5.74, 6) is -0.0999. The Morgan fingerprint density at radius 1 is 1.19 bits per heavy atom. The van der Waals surface area contributed by atoms with Crippen LogP contribution in [0.5, 0.6) is 0 Å². The molecule has 0 fully saturated rings. The van der Waals surface area contributed by atoms with E-state index in [4.69, 9.17) is 4.74 Å². The van der Waals surface area contributed by atoms with Crippen molar-refractivity contribution < 1.29 is 9.53 Å². The van der Waals surface area contributed by atoms with Crippen molar-refractivity contribution in [2.75, 3.05) is 19.7 Å². The molecule has 0 radical (unpaired) electrons. The van der Waals surface area contributed by atoms with Gasteiger partial charge in [-0.25, -0.2) is 0 Å². The van der Waals surface area contributed by atoms with Crippen molar-refractivity contribution in [3.05, 3.63) is 64.6 Å². The van der Waals surface area contributed by atoms with Gasteiger partial charge in [0.15, 0.2) is 0 Å². The summed E-state index contributed by atoms with van der Waals surface area (Å²) in [4.78, 5) is 19.3. The van der Waals surface area contributed by atoms with Gasteiger partial charge in [0.05, 0.1) is 13.0 Å². The van der Waals surface area contributed by atoms with Crippen molar-refractivity contribution in [1.29, 1.82) is 0 Å². The number of pyridine rings is 1. The number of fused-ring (bicyclic) bond motifs is 3. The molecule has 5 nitrogen and oxygen atoms in total. The van der Waals surface area contributed by atoms with Crippen LogP contribution in [-0.2, 0) is 29.0 Å². The summed E-state index contributed by atoms with van der Waals surface area (Å²) in [7, 11) is 0. The molecule has 0 bridgehead atoms. The molecule has 0 N–H and O–H groups in total. The Morgan fingerprint density at radius 2 is 2.03 bits per heavy atom. The zero-order chi connectivity index (χ0) is 22.0. The van der Waals surface area contributed by atoms with Gasteiger partial charge in [-0.15, -0.1) is 0 Å². The largest absolute Gasteiger partial charge is 0.466 e. The molecule has 1 atom stereocenters. The van der Waals surface area contributed by atoms with E-state index in [9.17, 15) is 4.79 Å². The van der Waals surface area contributed by atoms with E-state index < -0.39 is 0 Å². The van der Waals surface area contributed by atoms with Crippen molar-refractivity contribution in [3.8, 4) is 0 Å². The molecule has 5 heteroatoms. The first-order valence-electron chi connectivity index (χ1n) is 11.4. The maximum absolute atomic E-state index is 12.5. The van der Waals surface area contributed by atoms with Gasteiger partial charge in [0.1, 0.15) is 0 Å². The molecule has 0 saturated carbocycles. The maximum atomic E-state index is 12.5. The number of rotatable bonds is 7. The van der Waals surface area contributed by atoms with Gasteiger partial charge >= 0.3 is 5.97 Å². The van der Waals surface area contributed by atoms with Crippen LogP contribution < -0.4 is 0 Å². The fraction of sp³-hybridized carbons (Fsp3) is 0.462. The highest BCUT2D eigenvalue weighted by molar-refractivity contribution is 5.86. The minimum absolute atomic E-state index is 0.0405. The number of carbonyl (C=O) groups is 1. The molecule has 1 aliphatic heterocycles. The van der Waals surface area contributed by atoms with E-state index in [0.29, 0.717) is 13.0 Å². The smallest absolute Gasteiger partial charge is 0.306 e. The van der Waals surface area contributed by atoms with E-state index in [1.807, 2.05) is 26.1 Å². The standard InChI is InChI=1S/C26H33N3O2/c1-5-28-12-10-22-23-13-18(3)7-8-24(23)29(25(22)17-28)16-21(15-26(30)31-6-2)20-9-11-27-19(4)14-20/h7-9,11,13-14,21H,5-6,10,12,15-17H2,1-4H3. The summed E-state index contributed by atoms with van der Waals surface area (Å²) in [6, 6.07) is 10.9. The van der Waals surface area contributed by atoms with Gasteiger partial charge in [0.2, 0.25) is 0 Å².